The molecule has 1 amide bonds. The van der Waals surface area contributed by atoms with Gasteiger partial charge in [-0.05, 0) is 55.1 Å². The van der Waals surface area contributed by atoms with Crippen LogP contribution in [0.1, 0.15) is 52.7 Å². The van der Waals surface area contributed by atoms with E-state index in [2.05, 4.69) is 39.1 Å². The van der Waals surface area contributed by atoms with Gasteiger partial charge in [-0.15, -0.1) is 0 Å². The lowest BCUT2D eigenvalue weighted by Gasteiger charge is -2.37. The van der Waals surface area contributed by atoms with E-state index in [-0.39, 0.29) is 29.3 Å². The number of aryl methyl sites for hydroxylation is 1. The number of halogens is 1. The number of nitro benzene ring substituents is 1. The summed E-state index contributed by atoms with van der Waals surface area (Å²) in [6, 6.07) is 19.8. The van der Waals surface area contributed by atoms with Crippen molar-refractivity contribution >= 4 is 39.0 Å². The van der Waals surface area contributed by atoms with Crippen LogP contribution in [0.25, 0.3) is 0 Å². The van der Waals surface area contributed by atoms with Crippen molar-refractivity contribution in [2.24, 2.45) is 5.92 Å². The number of hydrogen-bond donors (Lipinski definition) is 1. The third-order valence-electron chi connectivity index (χ3n) is 8.37. The number of anilines is 1. The fourth-order valence-electron chi connectivity index (χ4n) is 6.81. The minimum absolute atomic E-state index is 0.00654. The van der Waals surface area contributed by atoms with E-state index in [1.165, 1.54) is 12.1 Å². The van der Waals surface area contributed by atoms with Crippen LogP contribution in [0.2, 0.25) is 0 Å². The molecule has 1 N–H and O–H groups in total. The Hall–Kier alpha value is -3.36. The number of fused-ring (bicyclic) bond motifs is 4. The fourth-order valence-corrected chi connectivity index (χ4v) is 7.08. The number of Topliss-reactive ketones (excluding diaryl/α,β-unsaturated/α-hetero) is 1. The Balaban J connectivity index is 1.59. The summed E-state index contributed by atoms with van der Waals surface area (Å²) in [5.41, 5.74) is 3.00. The maximum Gasteiger partial charge on any atom is 0.269 e. The molecule has 3 aromatic carbocycles. The predicted molar refractivity (Wildman–Crippen MR) is 144 cm³/mol. The van der Waals surface area contributed by atoms with Crippen LogP contribution in [0.3, 0.4) is 0 Å². The number of nitrogens with one attached hydrogen (secondary N) is 1. The normalized spacial score (nSPS) is 26.2. The number of ketones is 1. The lowest BCUT2D eigenvalue weighted by atomic mass is 9.68. The molecule has 188 valence electrons. The van der Waals surface area contributed by atoms with Gasteiger partial charge >= 0.3 is 0 Å². The first-order valence-electron chi connectivity index (χ1n) is 12.6. The number of amides is 1. The number of hydrogen-bond acceptors (Lipinski definition) is 5. The average molecular weight is 560 g/mol. The molecule has 37 heavy (non-hydrogen) atoms. The van der Waals surface area contributed by atoms with E-state index < -0.39 is 16.4 Å². The minimum atomic E-state index is -1.14. The molecule has 0 aliphatic carbocycles. The van der Waals surface area contributed by atoms with Crippen molar-refractivity contribution < 1.29 is 14.5 Å². The first-order valence-corrected chi connectivity index (χ1v) is 13.4. The summed E-state index contributed by atoms with van der Waals surface area (Å²) in [5.74, 6) is -1.23. The first kappa shape index (κ1) is 24.0. The van der Waals surface area contributed by atoms with Crippen molar-refractivity contribution in [2.75, 3.05) is 11.9 Å². The summed E-state index contributed by atoms with van der Waals surface area (Å²) in [4.78, 5) is 41.8. The van der Waals surface area contributed by atoms with Gasteiger partial charge in [0.2, 0.25) is 5.91 Å². The number of benzene rings is 3. The minimum Gasteiger partial charge on any atom is -0.324 e. The summed E-state index contributed by atoms with van der Waals surface area (Å²) in [6.07, 6.45) is 2.59. The van der Waals surface area contributed by atoms with Gasteiger partial charge in [0.1, 0.15) is 5.54 Å². The number of carbonyl (C=O) groups is 2. The molecule has 3 aromatic rings. The zero-order valence-corrected chi connectivity index (χ0v) is 21.9. The molecule has 1 spiro atoms. The molecular formula is C29H26BrN3O4. The Kier molecular flexibility index (Phi) is 5.76. The lowest BCUT2D eigenvalue weighted by Crippen LogP contribution is -2.52. The van der Waals surface area contributed by atoms with Crippen LogP contribution in [0.4, 0.5) is 11.4 Å². The van der Waals surface area contributed by atoms with E-state index in [4.69, 9.17) is 0 Å². The molecule has 0 saturated carbocycles. The van der Waals surface area contributed by atoms with Crippen LogP contribution in [-0.4, -0.2) is 34.1 Å². The summed E-state index contributed by atoms with van der Waals surface area (Å²) in [5, 5.41) is 14.4. The van der Waals surface area contributed by atoms with Crippen LogP contribution in [-0.2, 0) is 16.8 Å². The number of nitro groups is 1. The van der Waals surface area contributed by atoms with Gasteiger partial charge in [-0.25, -0.2) is 0 Å². The zero-order chi connectivity index (χ0) is 25.9. The highest BCUT2D eigenvalue weighted by Gasteiger charge is 2.69. The Labute approximate surface area is 223 Å². The maximum absolute atomic E-state index is 14.5. The largest absolute Gasteiger partial charge is 0.324 e. The summed E-state index contributed by atoms with van der Waals surface area (Å²) < 4.78 is 0.870. The van der Waals surface area contributed by atoms with Gasteiger partial charge < -0.3 is 5.32 Å². The highest BCUT2D eigenvalue weighted by Crippen LogP contribution is 2.61. The fraction of sp³-hybridized carbons (Fsp3) is 0.310. The number of rotatable bonds is 5. The van der Waals surface area contributed by atoms with Gasteiger partial charge in [0.25, 0.3) is 5.69 Å². The quantitative estimate of drug-likeness (QED) is 0.241. The van der Waals surface area contributed by atoms with E-state index in [0.717, 1.165) is 46.1 Å². The SMILES string of the molecule is CCc1ccc2c(c1)[C@]1(C(=O)N2)C(C(=O)c2ccc(Br)cc2)C(c2ccc([N+](=O)[O-])cc2)C2CCCN21. The molecule has 2 saturated heterocycles. The van der Waals surface area contributed by atoms with Gasteiger partial charge in [-0.1, -0.05) is 59.3 Å². The Morgan fingerprint density at radius 1 is 1.14 bits per heavy atom. The van der Waals surface area contributed by atoms with Crippen molar-refractivity contribution in [3.8, 4) is 0 Å². The van der Waals surface area contributed by atoms with Crippen LogP contribution in [0.5, 0.6) is 0 Å². The van der Waals surface area contributed by atoms with Gasteiger partial charge in [-0.3, -0.25) is 24.6 Å². The van der Waals surface area contributed by atoms with Gasteiger partial charge in [0, 0.05) is 45.4 Å². The molecule has 7 nitrogen and oxygen atoms in total. The van der Waals surface area contributed by atoms with E-state index in [1.807, 2.05) is 24.3 Å². The maximum atomic E-state index is 14.5. The van der Waals surface area contributed by atoms with Gasteiger partial charge in [-0.2, -0.15) is 0 Å². The monoisotopic (exact) mass is 559 g/mol. The molecule has 6 rings (SSSR count). The highest BCUT2D eigenvalue weighted by atomic mass is 79.9. The van der Waals surface area contributed by atoms with Crippen molar-refractivity contribution in [2.45, 2.75) is 43.7 Å². The number of carbonyl (C=O) groups excluding carboxylic acids is 2. The summed E-state index contributed by atoms with van der Waals surface area (Å²) in [7, 11) is 0. The molecular weight excluding hydrogens is 534 g/mol. The molecule has 3 unspecified atom stereocenters. The Bertz CT molecular complexity index is 1420. The highest BCUT2D eigenvalue weighted by molar-refractivity contribution is 9.10. The molecule has 3 aliphatic rings. The zero-order valence-electron chi connectivity index (χ0n) is 20.3. The summed E-state index contributed by atoms with van der Waals surface area (Å²) in [6.45, 7) is 2.79. The predicted octanol–water partition coefficient (Wildman–Crippen LogP) is 5.83. The van der Waals surface area contributed by atoms with Crippen molar-refractivity contribution in [3.63, 3.8) is 0 Å². The van der Waals surface area contributed by atoms with Gasteiger partial charge in [0.15, 0.2) is 5.78 Å². The molecule has 4 atom stereocenters. The standard InChI is InChI=1S/C29H26BrN3O4/c1-2-17-5-14-23-22(16-17)29(28(35)31-23)26(27(34)19-6-10-20(30)11-7-19)25(24-4-3-15-32(24)29)18-8-12-21(13-9-18)33(36)37/h5-14,16,24-26H,2-4,15H2,1H3,(H,31,35)/t24?,25?,26?,29-/m1/s1. The molecule has 0 bridgehead atoms. The second-order valence-corrected chi connectivity index (χ2v) is 11.0. The average Bonchev–Trinajstić information content (AvgIpc) is 3.57. The van der Waals surface area contributed by atoms with E-state index >= 15 is 0 Å². The topological polar surface area (TPSA) is 92.5 Å². The third-order valence-corrected chi connectivity index (χ3v) is 8.90. The van der Waals surface area contributed by atoms with E-state index in [1.54, 1.807) is 24.3 Å². The van der Waals surface area contributed by atoms with Crippen molar-refractivity contribution in [1.29, 1.82) is 0 Å². The summed E-state index contributed by atoms with van der Waals surface area (Å²) >= 11 is 3.45. The van der Waals surface area contributed by atoms with Crippen LogP contribution in [0, 0.1) is 16.0 Å². The van der Waals surface area contributed by atoms with Crippen LogP contribution in [0.15, 0.2) is 71.2 Å². The molecule has 8 heteroatoms. The second-order valence-electron chi connectivity index (χ2n) is 10.1. The molecule has 2 fully saturated rings. The van der Waals surface area contributed by atoms with Crippen molar-refractivity contribution in [1.82, 2.24) is 4.90 Å². The third kappa shape index (κ3) is 3.49. The van der Waals surface area contributed by atoms with Crippen LogP contribution < -0.4 is 5.32 Å². The first-order chi connectivity index (χ1) is 17.9. The molecule has 3 aliphatic heterocycles. The number of nitrogens with zero attached hydrogens (tertiary/aromatic N) is 2. The second kappa shape index (κ2) is 8.89. The molecule has 0 aromatic heterocycles. The Morgan fingerprint density at radius 3 is 2.54 bits per heavy atom. The number of non-ortho nitro benzene ring substituents is 1. The lowest BCUT2D eigenvalue weighted by molar-refractivity contribution is -0.384. The smallest absolute Gasteiger partial charge is 0.269 e. The van der Waals surface area contributed by atoms with E-state index in [9.17, 15) is 19.7 Å². The Morgan fingerprint density at radius 2 is 1.86 bits per heavy atom. The van der Waals surface area contributed by atoms with Crippen LogP contribution >= 0.6 is 15.9 Å². The molecule has 3 heterocycles. The van der Waals surface area contributed by atoms with Gasteiger partial charge in [0.05, 0.1) is 10.8 Å². The van der Waals surface area contributed by atoms with Crippen molar-refractivity contribution in [3.05, 3.63) is 104 Å². The van der Waals surface area contributed by atoms with E-state index in [0.29, 0.717) is 12.1 Å². The molecule has 0 radical (unpaired) electrons.